The monoisotopic (exact) mass is 325 g/mol. The van der Waals surface area contributed by atoms with E-state index in [4.69, 9.17) is 0 Å². The fraction of sp³-hybridized carbons (Fsp3) is 0.444. The van der Waals surface area contributed by atoms with Crippen molar-refractivity contribution in [1.29, 1.82) is 0 Å². The lowest BCUT2D eigenvalue weighted by Crippen LogP contribution is -2.44. The third-order valence-corrected chi connectivity index (χ3v) is 4.24. The highest BCUT2D eigenvalue weighted by molar-refractivity contribution is 5.77. The van der Waals surface area contributed by atoms with Gasteiger partial charge in [0, 0.05) is 37.8 Å². The van der Waals surface area contributed by atoms with Crippen molar-refractivity contribution in [3.05, 3.63) is 36.3 Å². The van der Waals surface area contributed by atoms with Crippen molar-refractivity contribution >= 4 is 11.7 Å². The largest absolute Gasteiger partial charge is 0.368 e. The molecule has 0 radical (unpaired) electrons. The van der Waals surface area contributed by atoms with E-state index in [2.05, 4.69) is 27.2 Å². The lowest BCUT2D eigenvalue weighted by Gasteiger charge is -2.32. The van der Waals surface area contributed by atoms with Gasteiger partial charge in [0.1, 0.15) is 11.6 Å². The second kappa shape index (κ2) is 7.38. The molecule has 0 spiro atoms. The Morgan fingerprint density at radius 3 is 2.88 bits per heavy atom. The number of aryl methyl sites for hydroxylation is 1. The van der Waals surface area contributed by atoms with Crippen molar-refractivity contribution in [1.82, 2.24) is 19.9 Å². The lowest BCUT2D eigenvalue weighted by molar-refractivity contribution is -0.135. The van der Waals surface area contributed by atoms with Crippen LogP contribution in [0.2, 0.25) is 0 Å². The number of nitrogens with one attached hydrogen (secondary N) is 1. The lowest BCUT2D eigenvalue weighted by atomic mass is 10.1. The van der Waals surface area contributed by atoms with Crippen LogP contribution in [0, 0.1) is 6.92 Å². The molecule has 1 N–H and O–H groups in total. The zero-order valence-corrected chi connectivity index (χ0v) is 14.2. The van der Waals surface area contributed by atoms with Gasteiger partial charge in [-0.1, -0.05) is 6.07 Å². The van der Waals surface area contributed by atoms with Gasteiger partial charge in [-0.3, -0.25) is 9.78 Å². The normalized spacial score (nSPS) is 16.1. The van der Waals surface area contributed by atoms with E-state index in [0.29, 0.717) is 18.8 Å². The van der Waals surface area contributed by atoms with Crippen LogP contribution < -0.4 is 5.32 Å². The zero-order chi connectivity index (χ0) is 16.9. The second-order valence-electron chi connectivity index (χ2n) is 6.17. The smallest absolute Gasteiger partial charge is 0.222 e. The molecule has 0 saturated carbocycles. The number of hydrogen-bond donors (Lipinski definition) is 1. The molecule has 3 rings (SSSR count). The molecule has 0 aliphatic carbocycles. The zero-order valence-electron chi connectivity index (χ0n) is 14.2. The van der Waals surface area contributed by atoms with Crippen LogP contribution >= 0.6 is 0 Å². The highest BCUT2D eigenvalue weighted by Gasteiger charge is 2.22. The minimum absolute atomic E-state index is 0.145. The van der Waals surface area contributed by atoms with Gasteiger partial charge in [0.2, 0.25) is 5.91 Å². The topological polar surface area (TPSA) is 71.0 Å². The van der Waals surface area contributed by atoms with E-state index in [1.54, 1.807) is 6.20 Å². The summed E-state index contributed by atoms with van der Waals surface area (Å²) in [6.45, 7) is 5.46. The Kier molecular flexibility index (Phi) is 5.03. The number of likely N-dealkylation sites (tertiary alicyclic amines) is 1. The van der Waals surface area contributed by atoms with Crippen LogP contribution in [0.15, 0.2) is 30.5 Å². The number of piperidine rings is 1. The number of carbonyl (C=O) groups excluding carboxylic acids is 1. The van der Waals surface area contributed by atoms with Crippen molar-refractivity contribution in [3.8, 4) is 11.4 Å². The summed E-state index contributed by atoms with van der Waals surface area (Å²) in [5.74, 6) is 1.71. The van der Waals surface area contributed by atoms with Crippen LogP contribution in [-0.2, 0) is 4.79 Å². The molecule has 1 fully saturated rings. The van der Waals surface area contributed by atoms with Gasteiger partial charge >= 0.3 is 0 Å². The van der Waals surface area contributed by atoms with Gasteiger partial charge in [-0.2, -0.15) is 0 Å². The van der Waals surface area contributed by atoms with E-state index < -0.39 is 0 Å². The van der Waals surface area contributed by atoms with Crippen LogP contribution in [0.1, 0.15) is 32.0 Å². The van der Waals surface area contributed by atoms with Crippen LogP contribution in [0.5, 0.6) is 0 Å². The Balaban J connectivity index is 1.69. The molecule has 1 amide bonds. The molecule has 24 heavy (non-hydrogen) atoms. The molecular weight excluding hydrogens is 302 g/mol. The molecule has 3 heterocycles. The summed E-state index contributed by atoms with van der Waals surface area (Å²) >= 11 is 0. The number of pyridine rings is 1. The molecule has 1 saturated heterocycles. The Labute approximate surface area is 142 Å². The minimum Gasteiger partial charge on any atom is -0.368 e. The first-order valence-electron chi connectivity index (χ1n) is 8.44. The molecule has 6 nitrogen and oxygen atoms in total. The summed E-state index contributed by atoms with van der Waals surface area (Å²) in [5, 5.41) is 3.34. The summed E-state index contributed by atoms with van der Waals surface area (Å²) < 4.78 is 0. The van der Waals surface area contributed by atoms with Crippen molar-refractivity contribution in [2.45, 2.75) is 39.2 Å². The number of carbonyl (C=O) groups is 1. The molecule has 1 aliphatic heterocycles. The Morgan fingerprint density at radius 2 is 2.12 bits per heavy atom. The first-order chi connectivity index (χ1) is 11.6. The molecule has 1 atom stereocenters. The molecule has 2 aromatic rings. The standard InChI is InChI=1S/C18H23N5O/c1-13(23-10-6-4-8-18(23)24)12-20-17-11-16(21-14(2)22-17)15-7-3-5-9-19-15/h3,5,7,9,11,13H,4,6,8,10,12H2,1-2H3,(H,20,21,22). The molecule has 1 unspecified atom stereocenters. The second-order valence-corrected chi connectivity index (χ2v) is 6.17. The summed E-state index contributed by atoms with van der Waals surface area (Å²) in [5.41, 5.74) is 1.62. The van der Waals surface area contributed by atoms with Gasteiger partial charge in [0.05, 0.1) is 11.4 Å². The SMILES string of the molecule is Cc1nc(NCC(C)N2CCCCC2=O)cc(-c2ccccn2)n1. The van der Waals surface area contributed by atoms with Gasteiger partial charge in [0.15, 0.2) is 0 Å². The molecule has 126 valence electrons. The first-order valence-corrected chi connectivity index (χ1v) is 8.44. The number of hydrogen-bond acceptors (Lipinski definition) is 5. The fourth-order valence-electron chi connectivity index (χ4n) is 2.96. The van der Waals surface area contributed by atoms with E-state index in [1.165, 1.54) is 0 Å². The summed E-state index contributed by atoms with van der Waals surface area (Å²) in [7, 11) is 0. The molecule has 2 aromatic heterocycles. The van der Waals surface area contributed by atoms with Crippen molar-refractivity contribution in [3.63, 3.8) is 0 Å². The number of anilines is 1. The molecule has 0 bridgehead atoms. The van der Waals surface area contributed by atoms with E-state index >= 15 is 0 Å². The first kappa shape index (κ1) is 16.4. The van der Waals surface area contributed by atoms with Gasteiger partial charge in [-0.15, -0.1) is 0 Å². The van der Waals surface area contributed by atoms with E-state index in [9.17, 15) is 4.79 Å². The van der Waals surface area contributed by atoms with E-state index in [1.807, 2.05) is 36.1 Å². The third-order valence-electron chi connectivity index (χ3n) is 4.24. The fourth-order valence-corrected chi connectivity index (χ4v) is 2.96. The minimum atomic E-state index is 0.145. The summed E-state index contributed by atoms with van der Waals surface area (Å²) in [6.07, 6.45) is 4.52. The van der Waals surface area contributed by atoms with Gasteiger partial charge in [-0.25, -0.2) is 9.97 Å². The maximum absolute atomic E-state index is 12.0. The Morgan fingerprint density at radius 1 is 1.25 bits per heavy atom. The van der Waals surface area contributed by atoms with Gasteiger partial charge in [0.25, 0.3) is 0 Å². The molecule has 1 aliphatic rings. The number of nitrogens with zero attached hydrogens (tertiary/aromatic N) is 4. The van der Waals surface area contributed by atoms with E-state index in [0.717, 1.165) is 36.6 Å². The Bertz CT molecular complexity index is 704. The molecule has 6 heteroatoms. The van der Waals surface area contributed by atoms with E-state index in [-0.39, 0.29) is 11.9 Å². The highest BCUT2D eigenvalue weighted by Crippen LogP contribution is 2.18. The van der Waals surface area contributed by atoms with Crippen molar-refractivity contribution < 1.29 is 4.79 Å². The summed E-state index contributed by atoms with van der Waals surface area (Å²) in [6, 6.07) is 7.80. The predicted octanol–water partition coefficient (Wildman–Crippen LogP) is 2.66. The average Bonchev–Trinajstić information content (AvgIpc) is 2.60. The van der Waals surface area contributed by atoms with Gasteiger partial charge in [-0.05, 0) is 38.8 Å². The van der Waals surface area contributed by atoms with Crippen LogP contribution in [0.25, 0.3) is 11.4 Å². The third kappa shape index (κ3) is 3.88. The quantitative estimate of drug-likeness (QED) is 0.915. The van der Waals surface area contributed by atoms with Crippen LogP contribution in [0.4, 0.5) is 5.82 Å². The predicted molar refractivity (Wildman–Crippen MR) is 93.5 cm³/mol. The number of amides is 1. The highest BCUT2D eigenvalue weighted by atomic mass is 16.2. The van der Waals surface area contributed by atoms with Crippen LogP contribution in [0.3, 0.4) is 0 Å². The van der Waals surface area contributed by atoms with Crippen LogP contribution in [-0.4, -0.2) is 44.9 Å². The number of rotatable bonds is 5. The summed E-state index contributed by atoms with van der Waals surface area (Å²) in [4.78, 5) is 27.2. The molecule has 0 aromatic carbocycles. The molecular formula is C18H23N5O. The van der Waals surface area contributed by atoms with Crippen molar-refractivity contribution in [2.75, 3.05) is 18.4 Å². The van der Waals surface area contributed by atoms with Crippen molar-refractivity contribution in [2.24, 2.45) is 0 Å². The maximum Gasteiger partial charge on any atom is 0.222 e. The van der Waals surface area contributed by atoms with Gasteiger partial charge < -0.3 is 10.2 Å². The average molecular weight is 325 g/mol. The Hall–Kier alpha value is -2.50. The maximum atomic E-state index is 12.0. The number of aromatic nitrogens is 3.